The fraction of sp³-hybridized carbons (Fsp3) is 0.778. The molecule has 0 aromatic carbocycles. The van der Waals surface area contributed by atoms with E-state index in [0.717, 1.165) is 12.8 Å². The first-order valence-electron chi connectivity index (χ1n) is 5.27. The lowest BCUT2D eigenvalue weighted by molar-refractivity contribution is -0.173. The molecule has 1 aromatic heterocycles. The molecule has 1 fully saturated rings. The molecule has 0 bridgehead atoms. The SMILES string of the molecule is FC(F)(F)COCCc1n[nH]c(=S)n1C1CC1. The number of alkyl halides is 3. The van der Waals surface area contributed by atoms with Crippen LogP contribution in [0.3, 0.4) is 0 Å². The van der Waals surface area contributed by atoms with Crippen molar-refractivity contribution >= 4 is 12.2 Å². The van der Waals surface area contributed by atoms with Gasteiger partial charge in [-0.15, -0.1) is 0 Å². The van der Waals surface area contributed by atoms with Gasteiger partial charge >= 0.3 is 6.18 Å². The molecule has 17 heavy (non-hydrogen) atoms. The first-order valence-corrected chi connectivity index (χ1v) is 5.68. The zero-order valence-corrected chi connectivity index (χ0v) is 9.77. The van der Waals surface area contributed by atoms with Crippen molar-refractivity contribution in [3.63, 3.8) is 0 Å². The highest BCUT2D eigenvalue weighted by molar-refractivity contribution is 7.71. The Labute approximate surface area is 101 Å². The summed E-state index contributed by atoms with van der Waals surface area (Å²) in [5.74, 6) is 0.666. The van der Waals surface area contributed by atoms with Gasteiger partial charge in [0.05, 0.1) is 6.61 Å². The smallest absolute Gasteiger partial charge is 0.372 e. The summed E-state index contributed by atoms with van der Waals surface area (Å²) < 4.78 is 42.4. The van der Waals surface area contributed by atoms with Gasteiger partial charge < -0.3 is 9.30 Å². The van der Waals surface area contributed by atoms with Crippen molar-refractivity contribution in [1.82, 2.24) is 14.8 Å². The lowest BCUT2D eigenvalue weighted by atomic mass is 10.4. The molecule has 0 unspecified atom stereocenters. The van der Waals surface area contributed by atoms with E-state index in [4.69, 9.17) is 12.2 Å². The summed E-state index contributed by atoms with van der Waals surface area (Å²) in [6.07, 6.45) is -1.85. The lowest BCUT2D eigenvalue weighted by Crippen LogP contribution is -2.18. The van der Waals surface area contributed by atoms with Crippen LogP contribution in [0.25, 0.3) is 0 Å². The maximum atomic E-state index is 11.8. The predicted molar refractivity (Wildman–Crippen MR) is 56.3 cm³/mol. The molecule has 4 nitrogen and oxygen atoms in total. The Hall–Kier alpha value is -0.890. The van der Waals surface area contributed by atoms with Crippen LogP contribution in [-0.4, -0.2) is 34.2 Å². The van der Waals surface area contributed by atoms with E-state index in [2.05, 4.69) is 14.9 Å². The first-order chi connectivity index (χ1) is 7.97. The molecular formula is C9H12F3N3OS. The average molecular weight is 267 g/mol. The Morgan fingerprint density at radius 1 is 1.47 bits per heavy atom. The Kier molecular flexibility index (Phi) is 3.53. The van der Waals surface area contributed by atoms with Crippen LogP contribution in [-0.2, 0) is 11.2 Å². The molecule has 1 aliphatic carbocycles. The second-order valence-corrected chi connectivity index (χ2v) is 4.35. The number of aromatic nitrogens is 3. The molecule has 1 N–H and O–H groups in total. The number of H-pyrrole nitrogens is 1. The van der Waals surface area contributed by atoms with Crippen LogP contribution in [0.2, 0.25) is 0 Å². The van der Waals surface area contributed by atoms with Gasteiger partial charge in [0.1, 0.15) is 12.4 Å². The van der Waals surface area contributed by atoms with Crippen LogP contribution < -0.4 is 0 Å². The van der Waals surface area contributed by atoms with Crippen molar-refractivity contribution in [3.8, 4) is 0 Å². The Balaban J connectivity index is 1.85. The molecule has 8 heteroatoms. The van der Waals surface area contributed by atoms with Crippen LogP contribution >= 0.6 is 12.2 Å². The van der Waals surface area contributed by atoms with Crippen molar-refractivity contribution < 1.29 is 17.9 Å². The Bertz CT molecular complexity index is 435. The molecule has 0 aliphatic heterocycles. The normalized spacial score (nSPS) is 16.4. The largest absolute Gasteiger partial charge is 0.411 e. The molecule has 1 saturated carbocycles. The number of hydrogen-bond acceptors (Lipinski definition) is 3. The lowest BCUT2D eigenvalue weighted by Gasteiger charge is -2.08. The molecule has 1 aliphatic rings. The fourth-order valence-electron chi connectivity index (χ4n) is 1.57. The second kappa shape index (κ2) is 4.77. The van der Waals surface area contributed by atoms with Crippen LogP contribution in [0.15, 0.2) is 0 Å². The number of hydrogen-bond donors (Lipinski definition) is 1. The minimum absolute atomic E-state index is 0.00808. The topological polar surface area (TPSA) is 42.8 Å². The molecule has 0 spiro atoms. The molecular weight excluding hydrogens is 255 g/mol. The van der Waals surface area contributed by atoms with Gasteiger partial charge in [0.2, 0.25) is 0 Å². The van der Waals surface area contributed by atoms with Gasteiger partial charge in [-0.2, -0.15) is 18.3 Å². The van der Waals surface area contributed by atoms with Crippen molar-refractivity contribution in [2.75, 3.05) is 13.2 Å². The van der Waals surface area contributed by atoms with Crippen molar-refractivity contribution in [2.45, 2.75) is 31.5 Å². The van der Waals surface area contributed by atoms with Crippen LogP contribution in [0, 0.1) is 4.77 Å². The standard InChI is InChI=1S/C9H12F3N3OS/c10-9(11,12)5-16-4-3-7-13-14-8(17)15(7)6-1-2-6/h6H,1-5H2,(H,14,17). The number of ether oxygens (including phenoxy) is 1. The van der Waals surface area contributed by atoms with Gasteiger partial charge in [0.15, 0.2) is 4.77 Å². The van der Waals surface area contributed by atoms with Crippen molar-refractivity contribution in [3.05, 3.63) is 10.6 Å². The third-order valence-corrected chi connectivity index (χ3v) is 2.71. The first kappa shape index (κ1) is 12.6. The zero-order valence-electron chi connectivity index (χ0n) is 8.96. The molecule has 0 amide bonds. The summed E-state index contributed by atoms with van der Waals surface area (Å²) in [6.45, 7) is -1.23. The van der Waals surface area contributed by atoms with Crippen molar-refractivity contribution in [2.24, 2.45) is 0 Å². The van der Waals surface area contributed by atoms with Crippen LogP contribution in [0.5, 0.6) is 0 Å². The van der Waals surface area contributed by atoms with E-state index < -0.39 is 12.8 Å². The summed E-state index contributed by atoms with van der Waals surface area (Å²) in [4.78, 5) is 0. The van der Waals surface area contributed by atoms with E-state index in [-0.39, 0.29) is 6.61 Å². The third kappa shape index (κ3) is 3.53. The Morgan fingerprint density at radius 2 is 2.18 bits per heavy atom. The van der Waals surface area contributed by atoms with Gasteiger partial charge in [0, 0.05) is 12.5 Å². The third-order valence-electron chi connectivity index (χ3n) is 2.43. The number of halogens is 3. The van der Waals surface area contributed by atoms with Gasteiger partial charge in [-0.3, -0.25) is 5.10 Å². The summed E-state index contributed by atoms with van der Waals surface area (Å²) in [6, 6.07) is 0.360. The maximum absolute atomic E-state index is 11.8. The molecule has 1 aromatic rings. The van der Waals surface area contributed by atoms with E-state index in [9.17, 15) is 13.2 Å². The van der Waals surface area contributed by atoms with E-state index in [1.165, 1.54) is 0 Å². The minimum Gasteiger partial charge on any atom is -0.372 e. The fourth-order valence-corrected chi connectivity index (χ4v) is 1.87. The Morgan fingerprint density at radius 3 is 2.76 bits per heavy atom. The van der Waals surface area contributed by atoms with Crippen LogP contribution in [0.1, 0.15) is 24.7 Å². The highest BCUT2D eigenvalue weighted by atomic mass is 32.1. The molecule has 1 heterocycles. The summed E-state index contributed by atoms with van der Waals surface area (Å²) in [7, 11) is 0. The molecule has 96 valence electrons. The number of nitrogens with zero attached hydrogens (tertiary/aromatic N) is 2. The zero-order chi connectivity index (χ0) is 12.5. The van der Waals surface area contributed by atoms with Gasteiger partial charge in [0.25, 0.3) is 0 Å². The summed E-state index contributed by atoms with van der Waals surface area (Å²) in [5, 5.41) is 6.65. The van der Waals surface area contributed by atoms with Crippen molar-refractivity contribution in [1.29, 1.82) is 0 Å². The van der Waals surface area contributed by atoms with E-state index >= 15 is 0 Å². The van der Waals surface area contributed by atoms with Gasteiger partial charge in [-0.1, -0.05) is 0 Å². The average Bonchev–Trinajstić information content (AvgIpc) is 2.98. The highest BCUT2D eigenvalue weighted by Crippen LogP contribution is 2.35. The van der Waals surface area contributed by atoms with Gasteiger partial charge in [-0.25, -0.2) is 0 Å². The minimum atomic E-state index is -4.28. The highest BCUT2D eigenvalue weighted by Gasteiger charge is 2.28. The summed E-state index contributed by atoms with van der Waals surface area (Å²) >= 11 is 5.05. The van der Waals surface area contributed by atoms with E-state index in [1.54, 1.807) is 0 Å². The molecule has 2 rings (SSSR count). The molecule has 0 atom stereocenters. The molecule has 0 radical (unpaired) electrons. The number of rotatable bonds is 5. The quantitative estimate of drug-likeness (QED) is 0.658. The van der Waals surface area contributed by atoms with E-state index in [1.807, 2.05) is 4.57 Å². The monoisotopic (exact) mass is 267 g/mol. The molecule has 0 saturated heterocycles. The number of aromatic amines is 1. The maximum Gasteiger partial charge on any atom is 0.411 e. The second-order valence-electron chi connectivity index (χ2n) is 3.96. The predicted octanol–water partition coefficient (Wildman–Crippen LogP) is 2.40. The summed E-state index contributed by atoms with van der Waals surface area (Å²) in [5.41, 5.74) is 0. The van der Waals surface area contributed by atoms with Gasteiger partial charge in [-0.05, 0) is 25.1 Å². The number of nitrogens with one attached hydrogen (secondary N) is 1. The van der Waals surface area contributed by atoms with Crippen LogP contribution in [0.4, 0.5) is 13.2 Å². The van der Waals surface area contributed by atoms with E-state index in [0.29, 0.717) is 23.1 Å².